The minimum Gasteiger partial charge on any atom is -0.300 e. The van der Waals surface area contributed by atoms with E-state index in [2.05, 4.69) is 49.9 Å². The highest BCUT2D eigenvalue weighted by atomic mass is 28.3. The lowest BCUT2D eigenvalue weighted by atomic mass is 10.00. The molecule has 0 N–H and O–H groups in total. The van der Waals surface area contributed by atoms with Crippen molar-refractivity contribution in [3.63, 3.8) is 0 Å². The van der Waals surface area contributed by atoms with Crippen molar-refractivity contribution in [1.82, 2.24) is 4.90 Å². The van der Waals surface area contributed by atoms with Crippen molar-refractivity contribution in [2.75, 3.05) is 13.1 Å². The van der Waals surface area contributed by atoms with Crippen LogP contribution in [-0.4, -0.2) is 37.9 Å². The summed E-state index contributed by atoms with van der Waals surface area (Å²) in [6.07, 6.45) is 1.41. The molecule has 0 amide bonds. The van der Waals surface area contributed by atoms with Crippen molar-refractivity contribution in [3.8, 4) is 11.5 Å². The average molecular weight is 251 g/mol. The summed E-state index contributed by atoms with van der Waals surface area (Å²) in [4.78, 5) is 13.7. The monoisotopic (exact) mass is 251 g/mol. The Labute approximate surface area is 107 Å². The summed E-state index contributed by atoms with van der Waals surface area (Å²) in [7, 11) is -1.30. The van der Waals surface area contributed by atoms with E-state index in [0.29, 0.717) is 30.6 Å². The third kappa shape index (κ3) is 5.05. The van der Waals surface area contributed by atoms with Gasteiger partial charge >= 0.3 is 0 Å². The highest BCUT2D eigenvalue weighted by Crippen LogP contribution is 2.16. The molecule has 3 heteroatoms. The first-order chi connectivity index (χ1) is 7.79. The quantitative estimate of drug-likeness (QED) is 0.555. The first-order valence-electron chi connectivity index (χ1n) is 6.58. The van der Waals surface area contributed by atoms with Crippen LogP contribution in [0.1, 0.15) is 26.7 Å². The topological polar surface area (TPSA) is 20.3 Å². The standard InChI is InChI=1S/C14H25NOSi/c1-12(2)14(8-11-17(3,4)5)15-9-6-13(16)7-10-15/h12,14H,6-7,9-10H2,1-5H3/t14-/m0/s1. The fourth-order valence-corrected chi connectivity index (χ4v) is 2.60. The third-order valence-corrected chi connectivity index (χ3v) is 3.87. The molecule has 17 heavy (non-hydrogen) atoms. The van der Waals surface area contributed by atoms with Crippen LogP contribution in [0.15, 0.2) is 0 Å². The number of Topliss-reactive ketones (excluding diaryl/α,β-unsaturated/α-hetero) is 1. The Morgan fingerprint density at radius 2 is 1.71 bits per heavy atom. The minimum absolute atomic E-state index is 0.329. The molecule has 0 aliphatic carbocycles. The Bertz CT molecular complexity index is 322. The first kappa shape index (κ1) is 14.5. The van der Waals surface area contributed by atoms with Gasteiger partial charge in [-0.3, -0.25) is 9.69 Å². The summed E-state index contributed by atoms with van der Waals surface area (Å²) in [6, 6.07) is 0.329. The number of hydrogen-bond donors (Lipinski definition) is 0. The molecule has 0 aromatic heterocycles. The van der Waals surface area contributed by atoms with Crippen LogP contribution >= 0.6 is 0 Å². The summed E-state index contributed by atoms with van der Waals surface area (Å²) >= 11 is 0. The average Bonchev–Trinajstić information content (AvgIpc) is 2.18. The third-order valence-electron chi connectivity index (χ3n) is 2.98. The lowest BCUT2D eigenvalue weighted by Crippen LogP contribution is -2.43. The van der Waals surface area contributed by atoms with E-state index in [1.54, 1.807) is 0 Å². The van der Waals surface area contributed by atoms with E-state index in [-0.39, 0.29) is 0 Å². The van der Waals surface area contributed by atoms with E-state index in [0.717, 1.165) is 13.1 Å². The number of carbonyl (C=O) groups excluding carboxylic acids is 1. The Hall–Kier alpha value is -0.593. The Morgan fingerprint density at radius 3 is 2.12 bits per heavy atom. The number of ketones is 1. The van der Waals surface area contributed by atoms with Crippen molar-refractivity contribution in [3.05, 3.63) is 0 Å². The van der Waals surface area contributed by atoms with Gasteiger partial charge in [-0.1, -0.05) is 39.4 Å². The summed E-state index contributed by atoms with van der Waals surface area (Å²) < 4.78 is 0. The van der Waals surface area contributed by atoms with Gasteiger partial charge in [0.1, 0.15) is 13.9 Å². The molecule has 0 bridgehead atoms. The molecule has 1 aliphatic rings. The highest BCUT2D eigenvalue weighted by molar-refractivity contribution is 6.83. The maximum atomic E-state index is 11.3. The number of likely N-dealkylation sites (tertiary alicyclic amines) is 1. The van der Waals surface area contributed by atoms with E-state index < -0.39 is 8.07 Å². The smallest absolute Gasteiger partial charge is 0.135 e. The minimum atomic E-state index is -1.30. The van der Waals surface area contributed by atoms with E-state index in [1.165, 1.54) is 0 Å². The SMILES string of the molecule is CC(C)[C@H](C#C[Si](C)(C)C)N1CCC(=O)CC1. The second-order valence-corrected chi connectivity index (χ2v) is 11.0. The fourth-order valence-electron chi connectivity index (χ4n) is 2.02. The second-order valence-electron chi connectivity index (χ2n) is 6.28. The normalized spacial score (nSPS) is 20.0. The molecule has 0 saturated carbocycles. The molecule has 1 heterocycles. The number of hydrogen-bond acceptors (Lipinski definition) is 2. The zero-order valence-electron chi connectivity index (χ0n) is 11.8. The van der Waals surface area contributed by atoms with Crippen LogP contribution in [-0.2, 0) is 4.79 Å². The summed E-state index contributed by atoms with van der Waals surface area (Å²) in [6.45, 7) is 13.1. The molecule has 0 unspecified atom stereocenters. The highest BCUT2D eigenvalue weighted by Gasteiger charge is 2.24. The van der Waals surface area contributed by atoms with Gasteiger partial charge < -0.3 is 0 Å². The second kappa shape index (κ2) is 5.84. The maximum Gasteiger partial charge on any atom is 0.135 e. The number of carbonyl (C=O) groups is 1. The molecular weight excluding hydrogens is 226 g/mol. The van der Waals surface area contributed by atoms with Crippen molar-refractivity contribution >= 4 is 13.9 Å². The summed E-state index contributed by atoms with van der Waals surface area (Å²) in [5.41, 5.74) is 3.47. The number of rotatable bonds is 2. The molecule has 0 aromatic rings. The summed E-state index contributed by atoms with van der Waals surface area (Å²) in [5, 5.41) is 0. The Kier molecular flexibility index (Phi) is 4.97. The van der Waals surface area contributed by atoms with Crippen molar-refractivity contribution in [2.24, 2.45) is 5.92 Å². The van der Waals surface area contributed by atoms with Crippen LogP contribution in [0, 0.1) is 17.4 Å². The van der Waals surface area contributed by atoms with Gasteiger partial charge in [0, 0.05) is 25.9 Å². The Balaban J connectivity index is 2.72. The van der Waals surface area contributed by atoms with Crippen LogP contribution in [0.5, 0.6) is 0 Å². The zero-order chi connectivity index (χ0) is 13.1. The lowest BCUT2D eigenvalue weighted by molar-refractivity contribution is -0.121. The Morgan fingerprint density at radius 1 is 1.18 bits per heavy atom. The predicted octanol–water partition coefficient (Wildman–Crippen LogP) is 2.56. The molecule has 0 radical (unpaired) electrons. The molecule has 2 nitrogen and oxygen atoms in total. The first-order valence-corrected chi connectivity index (χ1v) is 10.1. The van der Waals surface area contributed by atoms with Crippen LogP contribution < -0.4 is 0 Å². The van der Waals surface area contributed by atoms with Gasteiger partial charge in [0.15, 0.2) is 0 Å². The molecule has 1 fully saturated rings. The van der Waals surface area contributed by atoms with Gasteiger partial charge in [-0.25, -0.2) is 0 Å². The van der Waals surface area contributed by atoms with Crippen molar-refractivity contribution in [1.29, 1.82) is 0 Å². The molecule has 1 aliphatic heterocycles. The van der Waals surface area contributed by atoms with Gasteiger partial charge in [0.2, 0.25) is 0 Å². The van der Waals surface area contributed by atoms with Crippen LogP contribution in [0.4, 0.5) is 0 Å². The molecule has 1 rings (SSSR count). The van der Waals surface area contributed by atoms with Crippen LogP contribution in [0.3, 0.4) is 0 Å². The molecule has 0 aromatic carbocycles. The lowest BCUT2D eigenvalue weighted by Gasteiger charge is -2.33. The maximum absolute atomic E-state index is 11.3. The van der Waals surface area contributed by atoms with Gasteiger partial charge in [-0.2, -0.15) is 0 Å². The van der Waals surface area contributed by atoms with E-state index in [4.69, 9.17) is 0 Å². The van der Waals surface area contributed by atoms with Gasteiger partial charge in [0.25, 0.3) is 0 Å². The summed E-state index contributed by atoms with van der Waals surface area (Å²) in [5.74, 6) is 4.41. The van der Waals surface area contributed by atoms with Gasteiger partial charge in [-0.05, 0) is 5.92 Å². The van der Waals surface area contributed by atoms with Crippen molar-refractivity contribution < 1.29 is 4.79 Å². The predicted molar refractivity (Wildman–Crippen MR) is 75.6 cm³/mol. The molecule has 0 spiro atoms. The zero-order valence-corrected chi connectivity index (χ0v) is 12.8. The fraction of sp³-hybridized carbons (Fsp3) is 0.786. The van der Waals surface area contributed by atoms with Crippen LogP contribution in [0.2, 0.25) is 19.6 Å². The molecule has 96 valence electrons. The van der Waals surface area contributed by atoms with Gasteiger partial charge in [0.05, 0.1) is 6.04 Å². The molecular formula is C14H25NOSi. The van der Waals surface area contributed by atoms with Gasteiger partial charge in [-0.15, -0.1) is 5.54 Å². The van der Waals surface area contributed by atoms with Crippen molar-refractivity contribution in [2.45, 2.75) is 52.4 Å². The largest absolute Gasteiger partial charge is 0.300 e. The van der Waals surface area contributed by atoms with E-state index in [9.17, 15) is 4.79 Å². The van der Waals surface area contributed by atoms with E-state index >= 15 is 0 Å². The molecule has 1 atom stereocenters. The number of nitrogens with zero attached hydrogens (tertiary/aromatic N) is 1. The molecule has 1 saturated heterocycles. The van der Waals surface area contributed by atoms with E-state index in [1.807, 2.05) is 0 Å². The van der Waals surface area contributed by atoms with Crippen LogP contribution in [0.25, 0.3) is 0 Å². The number of piperidine rings is 1.